The Hall–Kier alpha value is -0.250. The van der Waals surface area contributed by atoms with E-state index in [9.17, 15) is 0 Å². The minimum Gasteiger partial charge on any atom is -0.488 e. The zero-order valence-electron chi connectivity index (χ0n) is 8.87. The van der Waals surface area contributed by atoms with Crippen LogP contribution in [0, 0.1) is 6.92 Å². The molecule has 1 aromatic rings. The summed E-state index contributed by atoms with van der Waals surface area (Å²) in [6.45, 7) is 2.16. The van der Waals surface area contributed by atoms with E-state index in [1.54, 1.807) is 0 Å². The van der Waals surface area contributed by atoms with Crippen molar-refractivity contribution in [3.8, 4) is 5.75 Å². The Bertz CT molecular complexity index is 388. The van der Waals surface area contributed by atoms with E-state index in [1.165, 1.54) is 30.4 Å². The van der Waals surface area contributed by atoms with Crippen LogP contribution in [-0.4, -0.2) is 10.0 Å². The van der Waals surface area contributed by atoms with Gasteiger partial charge in [0, 0.05) is 15.4 Å². The monoisotopic (exact) mass is 314 g/mol. The highest BCUT2D eigenvalue weighted by atomic mass is 127. The van der Waals surface area contributed by atoms with Crippen LogP contribution < -0.4 is 4.74 Å². The lowest BCUT2D eigenvalue weighted by Gasteiger charge is -2.29. The molecule has 2 heteroatoms. The van der Waals surface area contributed by atoms with Crippen molar-refractivity contribution >= 4 is 22.6 Å². The first kappa shape index (κ1) is 9.94. The number of fused-ring (bicyclic) bond motifs is 3. The minimum atomic E-state index is 0.441. The Balaban J connectivity index is 2.01. The summed E-state index contributed by atoms with van der Waals surface area (Å²) >= 11 is 2.56. The highest BCUT2D eigenvalue weighted by Crippen LogP contribution is 2.47. The van der Waals surface area contributed by atoms with E-state index in [0.717, 1.165) is 5.75 Å². The van der Waals surface area contributed by atoms with Crippen molar-refractivity contribution in [2.24, 2.45) is 0 Å². The molecule has 0 radical (unpaired) electrons. The van der Waals surface area contributed by atoms with Crippen molar-refractivity contribution in [1.82, 2.24) is 0 Å². The maximum absolute atomic E-state index is 6.07. The molecule has 1 aliphatic carbocycles. The molecule has 3 rings (SSSR count). The van der Waals surface area contributed by atoms with Gasteiger partial charge in [0.15, 0.2) is 0 Å². The van der Waals surface area contributed by atoms with Crippen LogP contribution in [0.25, 0.3) is 0 Å². The average molecular weight is 314 g/mol. The van der Waals surface area contributed by atoms with Crippen LogP contribution in [0.5, 0.6) is 5.75 Å². The number of aryl methyl sites for hydroxylation is 1. The van der Waals surface area contributed by atoms with E-state index in [4.69, 9.17) is 4.74 Å². The summed E-state index contributed by atoms with van der Waals surface area (Å²) in [5.41, 5.74) is 2.81. The third-order valence-corrected chi connectivity index (χ3v) is 4.91. The standard InChI is InChI=1S/C13H15IO/c1-8-5-6-12-10(7-8)9-3-2-4-11(14)13(9)15-12/h5-7,9,11,13H,2-4H2,1H3. The summed E-state index contributed by atoms with van der Waals surface area (Å²) in [6, 6.07) is 6.61. The average Bonchev–Trinajstić information content (AvgIpc) is 2.58. The molecule has 1 fully saturated rings. The van der Waals surface area contributed by atoms with Gasteiger partial charge in [-0.25, -0.2) is 0 Å². The Kier molecular flexibility index (Phi) is 2.42. The summed E-state index contributed by atoms with van der Waals surface area (Å²) in [5, 5.41) is 0. The van der Waals surface area contributed by atoms with Crippen molar-refractivity contribution in [2.45, 2.75) is 42.1 Å². The van der Waals surface area contributed by atoms with E-state index in [0.29, 0.717) is 15.9 Å². The third kappa shape index (κ3) is 1.57. The smallest absolute Gasteiger partial charge is 0.123 e. The predicted octanol–water partition coefficient (Wildman–Crippen LogP) is 3.83. The molecule has 3 unspecified atom stereocenters. The first-order valence-corrected chi connectivity index (χ1v) is 6.91. The molecule has 15 heavy (non-hydrogen) atoms. The van der Waals surface area contributed by atoms with Gasteiger partial charge < -0.3 is 4.74 Å². The highest BCUT2D eigenvalue weighted by Gasteiger charge is 2.40. The van der Waals surface area contributed by atoms with Gasteiger partial charge in [-0.15, -0.1) is 0 Å². The van der Waals surface area contributed by atoms with Gasteiger partial charge >= 0.3 is 0 Å². The summed E-state index contributed by atoms with van der Waals surface area (Å²) in [5.74, 6) is 1.80. The van der Waals surface area contributed by atoms with E-state index in [2.05, 4.69) is 47.7 Å². The molecule has 0 spiro atoms. The lowest BCUT2D eigenvalue weighted by Crippen LogP contribution is -2.32. The molecule has 0 bridgehead atoms. The molecule has 0 N–H and O–H groups in total. The fourth-order valence-corrected chi connectivity index (χ4v) is 3.90. The SMILES string of the molecule is Cc1ccc2c(c1)C1CCCC(I)C1O2. The molecular formula is C13H15IO. The molecule has 1 nitrogen and oxygen atoms in total. The molecular weight excluding hydrogens is 299 g/mol. The number of hydrogen-bond acceptors (Lipinski definition) is 1. The van der Waals surface area contributed by atoms with Crippen molar-refractivity contribution in [1.29, 1.82) is 0 Å². The van der Waals surface area contributed by atoms with Gasteiger partial charge in [-0.2, -0.15) is 0 Å². The van der Waals surface area contributed by atoms with Crippen LogP contribution in [0.2, 0.25) is 0 Å². The number of alkyl halides is 1. The maximum Gasteiger partial charge on any atom is 0.123 e. The van der Waals surface area contributed by atoms with Crippen molar-refractivity contribution in [3.63, 3.8) is 0 Å². The fraction of sp³-hybridized carbons (Fsp3) is 0.538. The lowest BCUT2D eigenvalue weighted by molar-refractivity contribution is 0.176. The quantitative estimate of drug-likeness (QED) is 0.522. The Morgan fingerprint density at radius 1 is 1.33 bits per heavy atom. The van der Waals surface area contributed by atoms with Crippen LogP contribution in [0.4, 0.5) is 0 Å². The molecule has 0 saturated heterocycles. The number of hydrogen-bond donors (Lipinski definition) is 0. The van der Waals surface area contributed by atoms with Crippen LogP contribution in [0.3, 0.4) is 0 Å². The van der Waals surface area contributed by atoms with Crippen molar-refractivity contribution in [3.05, 3.63) is 29.3 Å². The summed E-state index contributed by atoms with van der Waals surface area (Å²) in [6.07, 6.45) is 4.41. The Morgan fingerprint density at radius 2 is 2.20 bits per heavy atom. The molecule has 1 heterocycles. The number of benzene rings is 1. The van der Waals surface area contributed by atoms with Gasteiger partial charge in [-0.05, 0) is 25.8 Å². The Labute approximate surface area is 104 Å². The molecule has 1 aromatic carbocycles. The van der Waals surface area contributed by atoms with Gasteiger partial charge in [-0.3, -0.25) is 0 Å². The second-order valence-electron chi connectivity index (χ2n) is 4.68. The molecule has 0 amide bonds. The van der Waals surface area contributed by atoms with Gasteiger partial charge in [0.05, 0.1) is 0 Å². The molecule has 3 atom stereocenters. The zero-order valence-corrected chi connectivity index (χ0v) is 11.0. The molecule has 80 valence electrons. The first-order chi connectivity index (χ1) is 7.25. The van der Waals surface area contributed by atoms with E-state index in [-0.39, 0.29) is 0 Å². The van der Waals surface area contributed by atoms with Gasteiger partial charge in [0.1, 0.15) is 11.9 Å². The maximum atomic E-state index is 6.07. The van der Waals surface area contributed by atoms with Gasteiger partial charge in [-0.1, -0.05) is 46.7 Å². The van der Waals surface area contributed by atoms with Crippen LogP contribution in [0.15, 0.2) is 18.2 Å². The van der Waals surface area contributed by atoms with Crippen molar-refractivity contribution in [2.75, 3.05) is 0 Å². The fourth-order valence-electron chi connectivity index (χ4n) is 2.81. The Morgan fingerprint density at radius 3 is 3.07 bits per heavy atom. The van der Waals surface area contributed by atoms with E-state index < -0.39 is 0 Å². The topological polar surface area (TPSA) is 9.23 Å². The predicted molar refractivity (Wildman–Crippen MR) is 70.0 cm³/mol. The summed E-state index contributed by atoms with van der Waals surface area (Å²) < 4.78 is 6.76. The summed E-state index contributed by atoms with van der Waals surface area (Å²) in [7, 11) is 0. The van der Waals surface area contributed by atoms with Crippen molar-refractivity contribution < 1.29 is 4.74 Å². The van der Waals surface area contributed by atoms with Crippen LogP contribution in [0.1, 0.15) is 36.3 Å². The molecule has 2 aliphatic rings. The van der Waals surface area contributed by atoms with Gasteiger partial charge in [0.2, 0.25) is 0 Å². The summed E-state index contributed by atoms with van der Waals surface area (Å²) in [4.78, 5) is 0. The largest absolute Gasteiger partial charge is 0.488 e. The van der Waals surface area contributed by atoms with Gasteiger partial charge in [0.25, 0.3) is 0 Å². The normalized spacial score (nSPS) is 33.1. The first-order valence-electron chi connectivity index (χ1n) is 5.67. The zero-order chi connectivity index (χ0) is 10.4. The number of halogens is 1. The minimum absolute atomic E-state index is 0.441. The lowest BCUT2D eigenvalue weighted by atomic mass is 9.83. The van der Waals surface area contributed by atoms with E-state index >= 15 is 0 Å². The second-order valence-corrected chi connectivity index (χ2v) is 6.28. The third-order valence-electron chi connectivity index (χ3n) is 3.58. The van der Waals surface area contributed by atoms with E-state index in [1.807, 2.05) is 0 Å². The molecule has 0 aromatic heterocycles. The molecule has 1 saturated carbocycles. The highest BCUT2D eigenvalue weighted by molar-refractivity contribution is 14.1. The number of rotatable bonds is 0. The second kappa shape index (κ2) is 3.65. The van der Waals surface area contributed by atoms with Crippen LogP contribution in [-0.2, 0) is 0 Å². The number of ether oxygens (including phenoxy) is 1. The molecule has 1 aliphatic heterocycles. The van der Waals surface area contributed by atoms with Crippen LogP contribution >= 0.6 is 22.6 Å².